The highest BCUT2D eigenvalue weighted by Crippen LogP contribution is 2.15. The first kappa shape index (κ1) is 18.4. The van der Waals surface area contributed by atoms with Gasteiger partial charge < -0.3 is 10.0 Å². The van der Waals surface area contributed by atoms with Crippen LogP contribution in [-0.4, -0.2) is 36.3 Å². The van der Waals surface area contributed by atoms with Gasteiger partial charge in [-0.2, -0.15) is 0 Å². The van der Waals surface area contributed by atoms with Gasteiger partial charge in [0.05, 0.1) is 5.56 Å². The highest BCUT2D eigenvalue weighted by molar-refractivity contribution is 5.92. The normalized spacial score (nSPS) is 10.8. The summed E-state index contributed by atoms with van der Waals surface area (Å²) in [5, 5.41) is 9.08. The Morgan fingerprint density at radius 3 is 2.28 bits per heavy atom. The van der Waals surface area contributed by atoms with Gasteiger partial charge in [0.25, 0.3) is 5.91 Å². The third kappa shape index (κ3) is 4.14. The van der Waals surface area contributed by atoms with Gasteiger partial charge >= 0.3 is 5.97 Å². The maximum Gasteiger partial charge on any atom is 0.335 e. The quantitative estimate of drug-likeness (QED) is 0.549. The number of benzene rings is 2. The summed E-state index contributed by atoms with van der Waals surface area (Å²) in [6.07, 6.45) is 5.08. The van der Waals surface area contributed by atoms with Crippen molar-refractivity contribution in [2.24, 2.45) is 0 Å². The van der Waals surface area contributed by atoms with E-state index in [4.69, 9.17) is 5.11 Å². The fourth-order valence-electron chi connectivity index (χ4n) is 3.07. The first-order valence-electron chi connectivity index (χ1n) is 9.05. The molecule has 2 aromatic carbocycles. The summed E-state index contributed by atoms with van der Waals surface area (Å²) in [7, 11) is 0. The standard InChI is InChI=1S/C22H18N4O3/c27-20(19-15-25-12-4-11-23-22(25)24-19)26(13-16-5-2-1-3-6-16)14-17-7-9-18(10-8-17)21(28)29/h1-12,15H,13-14H2,(H,28,29). The molecule has 144 valence electrons. The third-order valence-corrected chi connectivity index (χ3v) is 4.53. The molecule has 0 radical (unpaired) electrons. The van der Waals surface area contributed by atoms with E-state index in [0.717, 1.165) is 11.1 Å². The maximum atomic E-state index is 13.2. The summed E-state index contributed by atoms with van der Waals surface area (Å²) in [5.74, 6) is -0.742. The van der Waals surface area contributed by atoms with Gasteiger partial charge in [-0.25, -0.2) is 14.8 Å². The molecular weight excluding hydrogens is 368 g/mol. The molecule has 0 spiro atoms. The molecule has 7 nitrogen and oxygen atoms in total. The van der Waals surface area contributed by atoms with Crippen molar-refractivity contribution in [3.05, 3.63) is 102 Å². The molecule has 1 amide bonds. The molecule has 0 saturated carbocycles. The lowest BCUT2D eigenvalue weighted by Crippen LogP contribution is -2.30. The highest BCUT2D eigenvalue weighted by Gasteiger charge is 2.20. The number of nitrogens with zero attached hydrogens (tertiary/aromatic N) is 4. The number of amides is 1. The second-order valence-electron chi connectivity index (χ2n) is 6.60. The molecule has 2 heterocycles. The van der Waals surface area contributed by atoms with Crippen molar-refractivity contribution in [3.63, 3.8) is 0 Å². The van der Waals surface area contributed by atoms with Gasteiger partial charge in [0.2, 0.25) is 5.78 Å². The number of carbonyl (C=O) groups excluding carboxylic acids is 1. The van der Waals surface area contributed by atoms with Crippen LogP contribution < -0.4 is 0 Å². The van der Waals surface area contributed by atoms with Crippen molar-refractivity contribution >= 4 is 17.7 Å². The Hall–Kier alpha value is -4.00. The molecule has 0 fully saturated rings. The predicted molar refractivity (Wildman–Crippen MR) is 106 cm³/mol. The Morgan fingerprint density at radius 1 is 0.931 bits per heavy atom. The van der Waals surface area contributed by atoms with Crippen LogP contribution in [0.3, 0.4) is 0 Å². The fraction of sp³-hybridized carbons (Fsp3) is 0.0909. The Morgan fingerprint density at radius 2 is 1.62 bits per heavy atom. The van der Waals surface area contributed by atoms with Gasteiger partial charge in [-0.05, 0) is 29.3 Å². The van der Waals surface area contributed by atoms with Crippen LogP contribution in [0.1, 0.15) is 32.0 Å². The van der Waals surface area contributed by atoms with Crippen LogP contribution in [0.25, 0.3) is 5.78 Å². The minimum Gasteiger partial charge on any atom is -0.478 e. The van der Waals surface area contributed by atoms with Gasteiger partial charge in [0.15, 0.2) is 0 Å². The van der Waals surface area contributed by atoms with Crippen molar-refractivity contribution < 1.29 is 14.7 Å². The molecule has 0 bridgehead atoms. The molecule has 7 heteroatoms. The van der Waals surface area contributed by atoms with Gasteiger partial charge in [0.1, 0.15) is 5.69 Å². The van der Waals surface area contributed by atoms with E-state index in [1.807, 2.05) is 30.3 Å². The van der Waals surface area contributed by atoms with Crippen LogP contribution in [0.4, 0.5) is 0 Å². The molecule has 29 heavy (non-hydrogen) atoms. The summed E-state index contributed by atoms with van der Waals surface area (Å²) in [6, 6.07) is 18.0. The lowest BCUT2D eigenvalue weighted by atomic mass is 10.1. The lowest BCUT2D eigenvalue weighted by Gasteiger charge is -2.22. The molecule has 4 aromatic rings. The predicted octanol–water partition coefficient (Wildman–Crippen LogP) is 3.27. The van der Waals surface area contributed by atoms with Crippen LogP contribution in [0.2, 0.25) is 0 Å². The molecule has 4 rings (SSSR count). The topological polar surface area (TPSA) is 87.8 Å². The van der Waals surface area contributed by atoms with Crippen LogP contribution in [0.15, 0.2) is 79.3 Å². The van der Waals surface area contributed by atoms with Crippen LogP contribution >= 0.6 is 0 Å². The van der Waals surface area contributed by atoms with Crippen molar-refractivity contribution in [2.45, 2.75) is 13.1 Å². The number of carbonyl (C=O) groups is 2. The molecular formula is C22H18N4O3. The number of aromatic carboxylic acids is 1. The van der Waals surface area contributed by atoms with E-state index in [1.54, 1.807) is 46.1 Å². The highest BCUT2D eigenvalue weighted by atomic mass is 16.4. The van der Waals surface area contributed by atoms with Crippen LogP contribution in [0.5, 0.6) is 0 Å². The second kappa shape index (κ2) is 7.93. The number of carboxylic acid groups (broad SMARTS) is 1. The molecule has 0 saturated heterocycles. The van der Waals surface area contributed by atoms with Gasteiger partial charge in [-0.3, -0.25) is 9.20 Å². The Labute approximate surface area is 166 Å². The van der Waals surface area contributed by atoms with Gasteiger partial charge in [-0.1, -0.05) is 42.5 Å². The summed E-state index contributed by atoms with van der Waals surface area (Å²) in [5.41, 5.74) is 2.34. The second-order valence-corrected chi connectivity index (χ2v) is 6.60. The maximum absolute atomic E-state index is 13.2. The number of hydrogen-bond acceptors (Lipinski definition) is 4. The van der Waals surface area contributed by atoms with Gasteiger partial charge in [0, 0.05) is 31.7 Å². The zero-order valence-corrected chi connectivity index (χ0v) is 15.5. The third-order valence-electron chi connectivity index (χ3n) is 4.53. The SMILES string of the molecule is O=C(O)c1ccc(CN(Cc2ccccc2)C(=O)c2cn3cccnc3n2)cc1. The van der Waals surface area contributed by atoms with Crippen molar-refractivity contribution in [2.75, 3.05) is 0 Å². The average molecular weight is 386 g/mol. The summed E-state index contributed by atoms with van der Waals surface area (Å²) in [6.45, 7) is 0.733. The first-order valence-corrected chi connectivity index (χ1v) is 9.05. The smallest absolute Gasteiger partial charge is 0.335 e. The Kier molecular flexibility index (Phi) is 5.03. The molecule has 0 aliphatic heterocycles. The minimum absolute atomic E-state index is 0.209. The zero-order valence-electron chi connectivity index (χ0n) is 15.5. The van der Waals surface area contributed by atoms with Crippen LogP contribution in [-0.2, 0) is 13.1 Å². The summed E-state index contributed by atoms with van der Waals surface area (Å²) >= 11 is 0. The average Bonchev–Trinajstić information content (AvgIpc) is 3.18. The van der Waals surface area contributed by atoms with E-state index in [1.165, 1.54) is 12.1 Å². The number of aromatic nitrogens is 3. The van der Waals surface area contributed by atoms with E-state index in [0.29, 0.717) is 24.6 Å². The molecule has 0 atom stereocenters. The van der Waals surface area contributed by atoms with Crippen molar-refractivity contribution in [1.82, 2.24) is 19.3 Å². The Bertz CT molecular complexity index is 1120. The van der Waals surface area contributed by atoms with E-state index in [2.05, 4.69) is 9.97 Å². The van der Waals surface area contributed by atoms with Crippen molar-refractivity contribution in [3.8, 4) is 0 Å². The van der Waals surface area contributed by atoms with E-state index in [9.17, 15) is 9.59 Å². The molecule has 0 aliphatic rings. The first-order chi connectivity index (χ1) is 14.1. The largest absolute Gasteiger partial charge is 0.478 e. The molecule has 0 unspecified atom stereocenters. The number of imidazole rings is 1. The minimum atomic E-state index is -0.981. The zero-order chi connectivity index (χ0) is 20.2. The number of fused-ring (bicyclic) bond motifs is 1. The van der Waals surface area contributed by atoms with Crippen LogP contribution in [0, 0.1) is 0 Å². The van der Waals surface area contributed by atoms with E-state index < -0.39 is 5.97 Å². The molecule has 1 N–H and O–H groups in total. The molecule has 2 aromatic heterocycles. The molecule has 0 aliphatic carbocycles. The van der Waals surface area contributed by atoms with E-state index >= 15 is 0 Å². The lowest BCUT2D eigenvalue weighted by molar-refractivity contribution is 0.0693. The number of hydrogen-bond donors (Lipinski definition) is 1. The number of carboxylic acids is 1. The van der Waals surface area contributed by atoms with Gasteiger partial charge in [-0.15, -0.1) is 0 Å². The monoisotopic (exact) mass is 386 g/mol. The Balaban J connectivity index is 1.63. The fourth-order valence-corrected chi connectivity index (χ4v) is 3.07. The van der Waals surface area contributed by atoms with Crippen molar-refractivity contribution in [1.29, 1.82) is 0 Å². The summed E-state index contributed by atoms with van der Waals surface area (Å²) < 4.78 is 1.70. The number of rotatable bonds is 6. The van der Waals surface area contributed by atoms with E-state index in [-0.39, 0.29) is 11.5 Å². The summed E-state index contributed by atoms with van der Waals surface area (Å²) in [4.78, 5) is 34.5.